The number of benzene rings is 2. The molecule has 0 atom stereocenters. The first-order valence-electron chi connectivity index (χ1n) is 6.96. The molecule has 0 fully saturated rings. The van der Waals surface area contributed by atoms with Gasteiger partial charge in [0, 0.05) is 22.2 Å². The summed E-state index contributed by atoms with van der Waals surface area (Å²) in [6, 6.07) is 12.3. The number of hydrogen-bond donors (Lipinski definition) is 3. The zero-order valence-corrected chi connectivity index (χ0v) is 13.6. The van der Waals surface area contributed by atoms with E-state index in [1.807, 2.05) is 18.2 Å². The second-order valence-electron chi connectivity index (χ2n) is 4.98. The van der Waals surface area contributed by atoms with Crippen molar-refractivity contribution in [3.8, 4) is 0 Å². The summed E-state index contributed by atoms with van der Waals surface area (Å²) in [5, 5.41) is 8.95. The Morgan fingerprint density at radius 3 is 2.78 bits per heavy atom. The minimum atomic E-state index is -0.302. The first-order valence-corrected chi connectivity index (χ1v) is 8.32. The van der Waals surface area contributed by atoms with Crippen molar-refractivity contribution in [3.63, 3.8) is 0 Å². The lowest BCUT2D eigenvalue weighted by Gasteiger charge is -2.17. The summed E-state index contributed by atoms with van der Waals surface area (Å²) in [6.07, 6.45) is 0. The molecule has 2 aromatic rings. The molecule has 5 nitrogen and oxygen atoms in total. The number of thioether (sulfide) groups is 1. The number of rotatable bonds is 3. The van der Waals surface area contributed by atoms with Crippen LogP contribution in [0.2, 0.25) is 5.02 Å². The third-order valence-electron chi connectivity index (χ3n) is 3.23. The molecular formula is C16H14ClN3O2S. The van der Waals surface area contributed by atoms with E-state index in [-0.39, 0.29) is 11.9 Å². The fourth-order valence-corrected chi connectivity index (χ4v) is 3.05. The van der Waals surface area contributed by atoms with Crippen LogP contribution in [0.4, 0.5) is 16.2 Å². The average molecular weight is 348 g/mol. The first-order chi connectivity index (χ1) is 11.1. The van der Waals surface area contributed by atoms with E-state index >= 15 is 0 Å². The van der Waals surface area contributed by atoms with E-state index in [1.54, 1.807) is 24.3 Å². The highest BCUT2D eigenvalue weighted by molar-refractivity contribution is 8.00. The smallest absolute Gasteiger partial charge is 0.319 e. The van der Waals surface area contributed by atoms with Gasteiger partial charge in [-0.3, -0.25) is 4.79 Å². The molecule has 1 aliphatic heterocycles. The van der Waals surface area contributed by atoms with Crippen LogP contribution in [0.1, 0.15) is 5.56 Å². The van der Waals surface area contributed by atoms with E-state index in [2.05, 4.69) is 16.0 Å². The molecule has 0 spiro atoms. The molecule has 118 valence electrons. The van der Waals surface area contributed by atoms with Gasteiger partial charge in [0.05, 0.1) is 11.4 Å². The maximum atomic E-state index is 11.9. The normalized spacial score (nSPS) is 13.0. The highest BCUT2D eigenvalue weighted by Gasteiger charge is 2.15. The third kappa shape index (κ3) is 4.18. The molecule has 3 N–H and O–H groups in total. The summed E-state index contributed by atoms with van der Waals surface area (Å²) < 4.78 is 0. The van der Waals surface area contributed by atoms with Gasteiger partial charge in [0.1, 0.15) is 0 Å². The van der Waals surface area contributed by atoms with Crippen molar-refractivity contribution >= 4 is 46.7 Å². The average Bonchev–Trinajstić information content (AvgIpc) is 2.54. The van der Waals surface area contributed by atoms with Crippen LogP contribution in [0.5, 0.6) is 0 Å². The first kappa shape index (κ1) is 15.7. The van der Waals surface area contributed by atoms with Crippen LogP contribution < -0.4 is 16.0 Å². The molecule has 0 bridgehead atoms. The molecule has 1 heterocycles. The van der Waals surface area contributed by atoms with Gasteiger partial charge < -0.3 is 16.0 Å². The highest BCUT2D eigenvalue weighted by Crippen LogP contribution is 2.31. The number of halogens is 1. The van der Waals surface area contributed by atoms with Crippen LogP contribution in [0.15, 0.2) is 47.4 Å². The lowest BCUT2D eigenvalue weighted by molar-refractivity contribution is -0.113. The number of carbonyl (C=O) groups excluding carboxylic acids is 2. The lowest BCUT2D eigenvalue weighted by atomic mass is 10.2. The van der Waals surface area contributed by atoms with Gasteiger partial charge in [-0.1, -0.05) is 17.7 Å². The standard InChI is InChI=1S/C16H14ClN3O2S/c17-11-2-4-12(5-3-11)19-16(22)18-8-10-1-6-14-13(7-10)20-15(21)9-23-14/h1-7H,8-9H2,(H,20,21)(H2,18,19,22). The lowest BCUT2D eigenvalue weighted by Crippen LogP contribution is -2.28. The van der Waals surface area contributed by atoms with Gasteiger partial charge in [-0.2, -0.15) is 0 Å². The van der Waals surface area contributed by atoms with Gasteiger partial charge in [-0.15, -0.1) is 11.8 Å². The zero-order valence-electron chi connectivity index (χ0n) is 12.1. The van der Waals surface area contributed by atoms with Crippen molar-refractivity contribution in [1.29, 1.82) is 0 Å². The van der Waals surface area contributed by atoms with E-state index in [4.69, 9.17) is 11.6 Å². The van der Waals surface area contributed by atoms with Gasteiger partial charge in [0.25, 0.3) is 0 Å². The van der Waals surface area contributed by atoms with Crippen LogP contribution in [-0.4, -0.2) is 17.7 Å². The predicted octanol–water partition coefficient (Wildman–Crippen LogP) is 3.71. The SMILES string of the molecule is O=C1CSc2ccc(CNC(=O)Nc3ccc(Cl)cc3)cc2N1. The summed E-state index contributed by atoms with van der Waals surface area (Å²) >= 11 is 7.31. The molecule has 3 amide bonds. The molecule has 7 heteroatoms. The van der Waals surface area contributed by atoms with Crippen LogP contribution in [-0.2, 0) is 11.3 Å². The maximum absolute atomic E-state index is 11.9. The number of amides is 3. The number of nitrogens with one attached hydrogen (secondary N) is 3. The van der Waals surface area contributed by atoms with E-state index < -0.39 is 0 Å². The minimum absolute atomic E-state index is 0.00640. The van der Waals surface area contributed by atoms with E-state index in [9.17, 15) is 9.59 Å². The van der Waals surface area contributed by atoms with Crippen LogP contribution in [0.3, 0.4) is 0 Å². The number of carbonyl (C=O) groups is 2. The van der Waals surface area contributed by atoms with Gasteiger partial charge in [-0.05, 0) is 42.0 Å². The van der Waals surface area contributed by atoms with Crippen molar-refractivity contribution in [2.45, 2.75) is 11.4 Å². The van der Waals surface area contributed by atoms with E-state index in [1.165, 1.54) is 11.8 Å². The molecule has 2 aromatic carbocycles. The van der Waals surface area contributed by atoms with Crippen molar-refractivity contribution in [2.75, 3.05) is 16.4 Å². The quantitative estimate of drug-likeness (QED) is 0.792. The zero-order chi connectivity index (χ0) is 16.2. The summed E-state index contributed by atoms with van der Waals surface area (Å²) in [6.45, 7) is 0.368. The fraction of sp³-hybridized carbons (Fsp3) is 0.125. The Balaban J connectivity index is 1.57. The third-order valence-corrected chi connectivity index (χ3v) is 4.56. The van der Waals surface area contributed by atoms with Crippen LogP contribution in [0, 0.1) is 0 Å². The number of hydrogen-bond acceptors (Lipinski definition) is 3. The van der Waals surface area contributed by atoms with Gasteiger partial charge >= 0.3 is 6.03 Å². The Morgan fingerprint density at radius 2 is 2.00 bits per heavy atom. The van der Waals surface area contributed by atoms with Crippen molar-refractivity contribution in [3.05, 3.63) is 53.1 Å². The molecule has 3 rings (SSSR count). The van der Waals surface area contributed by atoms with Gasteiger partial charge in [-0.25, -0.2) is 4.79 Å². The molecule has 0 aromatic heterocycles. The molecule has 23 heavy (non-hydrogen) atoms. The monoisotopic (exact) mass is 347 g/mol. The number of fused-ring (bicyclic) bond motifs is 1. The Bertz CT molecular complexity index is 749. The van der Waals surface area contributed by atoms with Crippen molar-refractivity contribution in [1.82, 2.24) is 5.32 Å². The summed E-state index contributed by atoms with van der Waals surface area (Å²) in [4.78, 5) is 24.3. The summed E-state index contributed by atoms with van der Waals surface area (Å²) in [5.41, 5.74) is 2.38. The molecule has 0 aliphatic carbocycles. The Labute approximate surface area is 142 Å². The summed E-state index contributed by atoms with van der Waals surface area (Å²) in [5.74, 6) is 0.432. The van der Waals surface area contributed by atoms with Crippen LogP contribution >= 0.6 is 23.4 Å². The Hall–Kier alpha value is -2.18. The maximum Gasteiger partial charge on any atom is 0.319 e. The van der Waals surface area contributed by atoms with E-state index in [0.717, 1.165) is 16.1 Å². The highest BCUT2D eigenvalue weighted by atomic mass is 35.5. The molecule has 0 unspecified atom stereocenters. The fourth-order valence-electron chi connectivity index (χ4n) is 2.13. The second kappa shape index (κ2) is 6.93. The minimum Gasteiger partial charge on any atom is -0.334 e. The van der Waals surface area contributed by atoms with Gasteiger partial charge in [0.15, 0.2) is 0 Å². The second-order valence-corrected chi connectivity index (χ2v) is 6.44. The molecule has 0 saturated heterocycles. The predicted molar refractivity (Wildman–Crippen MR) is 93.1 cm³/mol. The van der Waals surface area contributed by atoms with E-state index in [0.29, 0.717) is 23.0 Å². The van der Waals surface area contributed by atoms with Crippen molar-refractivity contribution < 1.29 is 9.59 Å². The largest absolute Gasteiger partial charge is 0.334 e. The number of urea groups is 1. The van der Waals surface area contributed by atoms with Crippen molar-refractivity contribution in [2.24, 2.45) is 0 Å². The molecule has 0 saturated carbocycles. The van der Waals surface area contributed by atoms with Gasteiger partial charge in [0.2, 0.25) is 5.91 Å². The summed E-state index contributed by atoms with van der Waals surface area (Å²) in [7, 11) is 0. The molecule has 1 aliphatic rings. The molecular weight excluding hydrogens is 334 g/mol. The molecule has 0 radical (unpaired) electrons. The van der Waals surface area contributed by atoms with Crippen LogP contribution in [0.25, 0.3) is 0 Å². The Kier molecular flexibility index (Phi) is 4.73. The Morgan fingerprint density at radius 1 is 1.22 bits per heavy atom. The topological polar surface area (TPSA) is 70.2 Å². The number of anilines is 2.